The second-order valence-corrected chi connectivity index (χ2v) is 6.31. The number of carbonyl (C=O) groups excluding carboxylic acids is 1. The number of aryl methyl sites for hydroxylation is 1. The van der Waals surface area contributed by atoms with Gasteiger partial charge in [0.05, 0.1) is 12.3 Å². The first-order valence-electron chi connectivity index (χ1n) is 6.85. The lowest BCUT2D eigenvalue weighted by Crippen LogP contribution is -2.04. The van der Waals surface area contributed by atoms with Crippen molar-refractivity contribution in [1.82, 2.24) is 4.98 Å². The molecule has 22 heavy (non-hydrogen) atoms. The Kier molecular flexibility index (Phi) is 4.92. The van der Waals surface area contributed by atoms with Gasteiger partial charge in [-0.05, 0) is 31.0 Å². The molecule has 0 spiro atoms. The molecule has 5 nitrogen and oxygen atoms in total. The fourth-order valence-corrected chi connectivity index (χ4v) is 2.85. The van der Waals surface area contributed by atoms with Crippen LogP contribution in [0.1, 0.15) is 39.6 Å². The molecule has 1 aromatic heterocycles. The van der Waals surface area contributed by atoms with Crippen LogP contribution >= 0.6 is 11.3 Å². The van der Waals surface area contributed by atoms with Gasteiger partial charge in [0, 0.05) is 11.1 Å². The molecule has 0 saturated carbocycles. The summed E-state index contributed by atoms with van der Waals surface area (Å²) in [5.74, 6) is -0.00355. The van der Waals surface area contributed by atoms with Gasteiger partial charge in [0.1, 0.15) is 15.6 Å². The first-order valence-corrected chi connectivity index (χ1v) is 7.67. The van der Waals surface area contributed by atoms with E-state index >= 15 is 0 Å². The summed E-state index contributed by atoms with van der Waals surface area (Å²) >= 11 is 1.06. The van der Waals surface area contributed by atoms with Crippen LogP contribution in [0.2, 0.25) is 0 Å². The summed E-state index contributed by atoms with van der Waals surface area (Å²) in [5.41, 5.74) is 1.50. The number of aldehydes is 1. The molecule has 116 valence electrons. The number of carboxylic acids is 1. The fourth-order valence-electron chi connectivity index (χ4n) is 1.90. The Morgan fingerprint density at radius 3 is 2.73 bits per heavy atom. The highest BCUT2D eigenvalue weighted by Crippen LogP contribution is 2.31. The molecule has 2 rings (SSSR count). The van der Waals surface area contributed by atoms with E-state index in [0.717, 1.165) is 17.6 Å². The van der Waals surface area contributed by atoms with Crippen LogP contribution in [0, 0.1) is 12.8 Å². The lowest BCUT2D eigenvalue weighted by atomic mass is 10.1. The topological polar surface area (TPSA) is 76.5 Å². The largest absolute Gasteiger partial charge is 0.493 e. The molecule has 2 aromatic rings. The van der Waals surface area contributed by atoms with Crippen LogP contribution in [0.4, 0.5) is 0 Å². The first-order chi connectivity index (χ1) is 10.4. The Labute approximate surface area is 132 Å². The van der Waals surface area contributed by atoms with Crippen molar-refractivity contribution in [3.05, 3.63) is 34.3 Å². The monoisotopic (exact) mass is 319 g/mol. The molecular formula is C16H17NO4S. The predicted octanol–water partition coefficient (Wildman–Crippen LogP) is 3.66. The zero-order chi connectivity index (χ0) is 16.3. The molecular weight excluding hydrogens is 302 g/mol. The molecule has 0 aliphatic rings. The molecule has 0 unspecified atom stereocenters. The van der Waals surface area contributed by atoms with Gasteiger partial charge in [-0.3, -0.25) is 4.79 Å². The van der Waals surface area contributed by atoms with Gasteiger partial charge in [0.15, 0.2) is 6.29 Å². The second kappa shape index (κ2) is 6.70. The molecule has 0 saturated heterocycles. The average Bonchev–Trinajstić information content (AvgIpc) is 2.86. The lowest BCUT2D eigenvalue weighted by Gasteiger charge is -2.10. The Morgan fingerprint density at radius 1 is 1.45 bits per heavy atom. The number of hydrogen-bond donors (Lipinski definition) is 1. The summed E-state index contributed by atoms with van der Waals surface area (Å²) in [6, 6.07) is 5.16. The quantitative estimate of drug-likeness (QED) is 0.822. The minimum Gasteiger partial charge on any atom is -0.493 e. The number of aromatic carboxylic acids is 1. The van der Waals surface area contributed by atoms with Crippen LogP contribution in [0.25, 0.3) is 10.6 Å². The van der Waals surface area contributed by atoms with E-state index < -0.39 is 5.97 Å². The first kappa shape index (κ1) is 16.2. The van der Waals surface area contributed by atoms with Gasteiger partial charge >= 0.3 is 5.97 Å². The molecule has 0 aliphatic heterocycles. The lowest BCUT2D eigenvalue weighted by molar-refractivity contribution is 0.0701. The molecule has 1 heterocycles. The minimum atomic E-state index is -1.01. The molecule has 0 aliphatic carbocycles. The van der Waals surface area contributed by atoms with E-state index in [1.54, 1.807) is 25.1 Å². The number of benzene rings is 1. The summed E-state index contributed by atoms with van der Waals surface area (Å²) in [6.45, 7) is 6.29. The van der Waals surface area contributed by atoms with Gasteiger partial charge in [-0.15, -0.1) is 11.3 Å². The fraction of sp³-hybridized carbons (Fsp3) is 0.312. The van der Waals surface area contributed by atoms with Gasteiger partial charge in [-0.1, -0.05) is 13.8 Å². The van der Waals surface area contributed by atoms with Crippen LogP contribution in [0.3, 0.4) is 0 Å². The van der Waals surface area contributed by atoms with Gasteiger partial charge in [0.25, 0.3) is 0 Å². The maximum absolute atomic E-state index is 11.3. The highest BCUT2D eigenvalue weighted by Gasteiger charge is 2.17. The number of nitrogens with zero attached hydrogens (tertiary/aromatic N) is 1. The van der Waals surface area contributed by atoms with E-state index in [1.807, 2.05) is 13.8 Å². The third-order valence-electron chi connectivity index (χ3n) is 2.95. The van der Waals surface area contributed by atoms with Crippen molar-refractivity contribution in [1.29, 1.82) is 0 Å². The molecule has 0 fully saturated rings. The van der Waals surface area contributed by atoms with Crippen molar-refractivity contribution < 1.29 is 19.4 Å². The van der Waals surface area contributed by atoms with E-state index in [1.165, 1.54) is 0 Å². The minimum absolute atomic E-state index is 0.187. The SMILES string of the molecule is Cc1nc(-c2ccc(OCC(C)C)cc2C=O)sc1C(=O)O. The van der Waals surface area contributed by atoms with Crippen LogP contribution in [-0.4, -0.2) is 29.0 Å². The zero-order valence-corrected chi connectivity index (χ0v) is 13.4. The number of ether oxygens (including phenoxy) is 1. The van der Waals surface area contributed by atoms with E-state index in [0.29, 0.717) is 40.1 Å². The number of carboxylic acid groups (broad SMARTS) is 1. The number of rotatable bonds is 6. The summed E-state index contributed by atoms with van der Waals surface area (Å²) < 4.78 is 5.60. The highest BCUT2D eigenvalue weighted by atomic mass is 32.1. The van der Waals surface area contributed by atoms with E-state index in [2.05, 4.69) is 4.98 Å². The molecule has 0 amide bonds. The third kappa shape index (κ3) is 3.51. The van der Waals surface area contributed by atoms with Crippen molar-refractivity contribution >= 4 is 23.6 Å². The zero-order valence-electron chi connectivity index (χ0n) is 12.6. The van der Waals surface area contributed by atoms with E-state index in [4.69, 9.17) is 9.84 Å². The van der Waals surface area contributed by atoms with Gasteiger partial charge in [-0.25, -0.2) is 9.78 Å². The van der Waals surface area contributed by atoms with Crippen molar-refractivity contribution in [2.45, 2.75) is 20.8 Å². The molecule has 0 atom stereocenters. The van der Waals surface area contributed by atoms with Crippen LogP contribution in [-0.2, 0) is 0 Å². The number of aromatic nitrogens is 1. The average molecular weight is 319 g/mol. The van der Waals surface area contributed by atoms with Crippen LogP contribution in [0.5, 0.6) is 5.75 Å². The van der Waals surface area contributed by atoms with Crippen LogP contribution in [0.15, 0.2) is 18.2 Å². The van der Waals surface area contributed by atoms with Crippen LogP contribution < -0.4 is 4.74 Å². The van der Waals surface area contributed by atoms with Gasteiger partial charge < -0.3 is 9.84 Å². The van der Waals surface area contributed by atoms with Crippen molar-refractivity contribution in [2.24, 2.45) is 5.92 Å². The smallest absolute Gasteiger partial charge is 0.347 e. The maximum Gasteiger partial charge on any atom is 0.347 e. The summed E-state index contributed by atoms with van der Waals surface area (Å²) in [7, 11) is 0. The van der Waals surface area contributed by atoms with Gasteiger partial charge in [-0.2, -0.15) is 0 Å². The second-order valence-electron chi connectivity index (χ2n) is 5.31. The molecule has 0 radical (unpaired) electrons. The maximum atomic E-state index is 11.3. The van der Waals surface area contributed by atoms with Crippen molar-refractivity contribution in [2.75, 3.05) is 6.61 Å². The molecule has 1 aromatic carbocycles. The van der Waals surface area contributed by atoms with Crippen molar-refractivity contribution in [3.63, 3.8) is 0 Å². The molecule has 0 bridgehead atoms. The Morgan fingerprint density at radius 2 is 2.18 bits per heavy atom. The summed E-state index contributed by atoms with van der Waals surface area (Å²) in [4.78, 5) is 26.9. The standard InChI is InChI=1S/C16H17NO4S/c1-9(2)8-21-12-4-5-13(11(6-12)7-18)15-17-10(3)14(22-15)16(19)20/h4-7,9H,8H2,1-3H3,(H,19,20). The molecule has 6 heteroatoms. The summed E-state index contributed by atoms with van der Waals surface area (Å²) in [5, 5.41) is 9.62. The normalized spacial score (nSPS) is 10.7. The Bertz CT molecular complexity index is 706. The number of carbonyl (C=O) groups is 2. The highest BCUT2D eigenvalue weighted by molar-refractivity contribution is 7.17. The Hall–Kier alpha value is -2.21. The Balaban J connectivity index is 2.37. The van der Waals surface area contributed by atoms with E-state index in [9.17, 15) is 9.59 Å². The third-order valence-corrected chi connectivity index (χ3v) is 4.13. The van der Waals surface area contributed by atoms with E-state index in [-0.39, 0.29) is 4.88 Å². The van der Waals surface area contributed by atoms with Crippen molar-refractivity contribution in [3.8, 4) is 16.3 Å². The van der Waals surface area contributed by atoms with Gasteiger partial charge in [0.2, 0.25) is 0 Å². The summed E-state index contributed by atoms with van der Waals surface area (Å²) in [6.07, 6.45) is 0.731. The predicted molar refractivity (Wildman–Crippen MR) is 85.0 cm³/mol. The molecule has 1 N–H and O–H groups in total. The number of thiazole rings is 1. The number of hydrogen-bond acceptors (Lipinski definition) is 5.